The molecule has 0 saturated carbocycles. The number of methoxy groups -OCH3 is 1. The van der Waals surface area contributed by atoms with Crippen molar-refractivity contribution in [2.24, 2.45) is 5.73 Å². The molecular weight excluding hydrogens is 284 g/mol. The average molecular weight is 305 g/mol. The van der Waals surface area contributed by atoms with Crippen LogP contribution in [-0.2, 0) is 11.3 Å². The summed E-state index contributed by atoms with van der Waals surface area (Å²) in [6, 6.07) is 5.39. The summed E-state index contributed by atoms with van der Waals surface area (Å²) in [7, 11) is 1.53. The molecule has 20 heavy (non-hydrogen) atoms. The number of ether oxygens (including phenoxy) is 2. The highest BCUT2D eigenvalue weighted by Crippen LogP contribution is 2.27. The molecule has 0 saturated heterocycles. The summed E-state index contributed by atoms with van der Waals surface area (Å²) in [5, 5.41) is 12.2. The van der Waals surface area contributed by atoms with Gasteiger partial charge in [-0.2, -0.15) is 0 Å². The van der Waals surface area contributed by atoms with Gasteiger partial charge in [0.25, 0.3) is 5.91 Å². The fraction of sp³-hybridized carbons (Fsp3) is 0.462. The van der Waals surface area contributed by atoms with Crippen molar-refractivity contribution in [2.75, 3.05) is 20.3 Å². The van der Waals surface area contributed by atoms with E-state index in [1.165, 1.54) is 7.11 Å². The molecule has 1 rings (SSSR count). The van der Waals surface area contributed by atoms with E-state index in [2.05, 4.69) is 5.32 Å². The van der Waals surface area contributed by atoms with Gasteiger partial charge in [0.2, 0.25) is 0 Å². The number of nitrogens with one attached hydrogen (secondary N) is 1. The number of aliphatic hydroxyl groups is 1. The number of carbonyl (C=O) groups excluding carboxylic acids is 1. The lowest BCUT2D eigenvalue weighted by molar-refractivity contribution is -0.119. The van der Waals surface area contributed by atoms with Crippen molar-refractivity contribution in [1.82, 2.24) is 5.32 Å². The van der Waals surface area contributed by atoms with E-state index < -0.39 is 5.91 Å². The van der Waals surface area contributed by atoms with Gasteiger partial charge >= 0.3 is 0 Å². The van der Waals surface area contributed by atoms with E-state index in [0.29, 0.717) is 24.6 Å². The molecule has 1 unspecified atom stereocenters. The van der Waals surface area contributed by atoms with Crippen molar-refractivity contribution in [3.8, 4) is 11.5 Å². The summed E-state index contributed by atoms with van der Waals surface area (Å²) in [5.41, 5.74) is 6.01. The van der Waals surface area contributed by atoms with E-state index >= 15 is 0 Å². The van der Waals surface area contributed by atoms with Gasteiger partial charge in [-0.25, -0.2) is 0 Å². The van der Waals surface area contributed by atoms with Crippen LogP contribution in [0.5, 0.6) is 11.5 Å². The first-order valence-electron chi connectivity index (χ1n) is 5.99. The maximum Gasteiger partial charge on any atom is 0.255 e. The van der Waals surface area contributed by atoms with Gasteiger partial charge in [-0.3, -0.25) is 4.79 Å². The Labute approximate surface area is 124 Å². The van der Waals surface area contributed by atoms with Crippen LogP contribution in [0.2, 0.25) is 0 Å². The maximum atomic E-state index is 10.7. The largest absolute Gasteiger partial charge is 0.493 e. The van der Waals surface area contributed by atoms with Crippen LogP contribution in [0.4, 0.5) is 0 Å². The SMILES string of the molecule is COc1cc(CNCC(C)O)ccc1OCC(N)=O.Cl. The Morgan fingerprint density at radius 2 is 2.15 bits per heavy atom. The van der Waals surface area contributed by atoms with Crippen LogP contribution >= 0.6 is 12.4 Å². The molecule has 114 valence electrons. The molecule has 0 aromatic heterocycles. The number of nitrogens with two attached hydrogens (primary N) is 1. The Kier molecular flexibility index (Phi) is 8.71. The molecule has 0 fully saturated rings. The van der Waals surface area contributed by atoms with Gasteiger partial charge in [-0.1, -0.05) is 6.07 Å². The third-order valence-corrected chi connectivity index (χ3v) is 2.37. The number of primary amides is 1. The summed E-state index contributed by atoms with van der Waals surface area (Å²) < 4.78 is 10.4. The van der Waals surface area contributed by atoms with Crippen molar-refractivity contribution in [1.29, 1.82) is 0 Å². The second-order valence-corrected chi connectivity index (χ2v) is 4.22. The summed E-state index contributed by atoms with van der Waals surface area (Å²) in [4.78, 5) is 10.7. The van der Waals surface area contributed by atoms with Gasteiger partial charge in [0.05, 0.1) is 13.2 Å². The van der Waals surface area contributed by atoms with Crippen LogP contribution in [0.25, 0.3) is 0 Å². The summed E-state index contributed by atoms with van der Waals surface area (Å²) in [5.74, 6) is 0.475. The number of aliphatic hydroxyl groups excluding tert-OH is 1. The van der Waals surface area contributed by atoms with Crippen LogP contribution < -0.4 is 20.5 Å². The molecule has 0 aliphatic rings. The van der Waals surface area contributed by atoms with Crippen molar-refractivity contribution < 1.29 is 19.4 Å². The smallest absolute Gasteiger partial charge is 0.255 e. The third kappa shape index (κ3) is 6.60. The van der Waals surface area contributed by atoms with Crippen molar-refractivity contribution >= 4 is 18.3 Å². The highest BCUT2D eigenvalue weighted by Gasteiger charge is 2.07. The van der Waals surface area contributed by atoms with Crippen LogP contribution in [0.1, 0.15) is 12.5 Å². The third-order valence-electron chi connectivity index (χ3n) is 2.37. The molecular formula is C13H21ClN2O4. The topological polar surface area (TPSA) is 93.8 Å². The Bertz CT molecular complexity index is 427. The lowest BCUT2D eigenvalue weighted by Crippen LogP contribution is -2.23. The molecule has 4 N–H and O–H groups in total. The van der Waals surface area contributed by atoms with Crippen molar-refractivity contribution in [3.63, 3.8) is 0 Å². The predicted octanol–water partition coefficient (Wildman–Crippen LogP) is 0.452. The minimum atomic E-state index is -0.537. The van der Waals surface area contributed by atoms with E-state index in [1.807, 2.05) is 12.1 Å². The molecule has 0 heterocycles. The monoisotopic (exact) mass is 304 g/mol. The first-order valence-corrected chi connectivity index (χ1v) is 5.99. The minimum absolute atomic E-state index is 0. The van der Waals surface area contributed by atoms with Gasteiger partial charge in [-0.15, -0.1) is 12.4 Å². The van der Waals surface area contributed by atoms with E-state index in [4.69, 9.17) is 20.3 Å². The Morgan fingerprint density at radius 1 is 1.45 bits per heavy atom. The van der Waals surface area contributed by atoms with E-state index in [0.717, 1.165) is 5.56 Å². The molecule has 6 nitrogen and oxygen atoms in total. The maximum absolute atomic E-state index is 10.7. The second-order valence-electron chi connectivity index (χ2n) is 4.22. The normalized spacial score (nSPS) is 11.3. The summed E-state index contributed by atoms with van der Waals surface area (Å²) >= 11 is 0. The van der Waals surface area contributed by atoms with Gasteiger partial charge in [0.1, 0.15) is 0 Å². The average Bonchev–Trinajstić information content (AvgIpc) is 2.36. The first-order chi connectivity index (χ1) is 9.02. The highest BCUT2D eigenvalue weighted by atomic mass is 35.5. The van der Waals surface area contributed by atoms with Crippen molar-refractivity contribution in [2.45, 2.75) is 19.6 Å². The zero-order valence-corrected chi connectivity index (χ0v) is 12.4. The van der Waals surface area contributed by atoms with Crippen LogP contribution in [-0.4, -0.2) is 37.4 Å². The molecule has 0 bridgehead atoms. The zero-order valence-electron chi connectivity index (χ0n) is 11.6. The molecule has 1 aromatic rings. The molecule has 1 amide bonds. The van der Waals surface area contributed by atoms with E-state index in [-0.39, 0.29) is 25.1 Å². The van der Waals surface area contributed by atoms with Gasteiger partial charge < -0.3 is 25.6 Å². The molecule has 1 atom stereocenters. The van der Waals surface area contributed by atoms with E-state index in [9.17, 15) is 4.79 Å². The number of amides is 1. The highest BCUT2D eigenvalue weighted by molar-refractivity contribution is 5.85. The Morgan fingerprint density at radius 3 is 2.70 bits per heavy atom. The molecule has 0 spiro atoms. The zero-order chi connectivity index (χ0) is 14.3. The number of hydrogen-bond donors (Lipinski definition) is 3. The number of benzene rings is 1. The molecule has 0 aliphatic carbocycles. The van der Waals surface area contributed by atoms with Crippen molar-refractivity contribution in [3.05, 3.63) is 23.8 Å². The number of halogens is 1. The minimum Gasteiger partial charge on any atom is -0.493 e. The van der Waals surface area contributed by atoms with Gasteiger partial charge in [-0.05, 0) is 24.6 Å². The van der Waals surface area contributed by atoms with E-state index in [1.54, 1.807) is 13.0 Å². The molecule has 0 aliphatic heterocycles. The van der Waals surface area contributed by atoms with Crippen LogP contribution in [0.3, 0.4) is 0 Å². The van der Waals surface area contributed by atoms with Crippen LogP contribution in [0.15, 0.2) is 18.2 Å². The Hall–Kier alpha value is -1.50. The molecule has 7 heteroatoms. The second kappa shape index (κ2) is 9.41. The number of hydrogen-bond acceptors (Lipinski definition) is 5. The van der Waals surface area contributed by atoms with Gasteiger partial charge in [0.15, 0.2) is 18.1 Å². The quantitative estimate of drug-likeness (QED) is 0.648. The summed E-state index contributed by atoms with van der Waals surface area (Å²) in [6.45, 7) is 2.66. The van der Waals surface area contributed by atoms with Gasteiger partial charge in [0, 0.05) is 13.1 Å². The summed E-state index contributed by atoms with van der Waals surface area (Å²) in [6.07, 6.45) is -0.389. The fourth-order valence-corrected chi connectivity index (χ4v) is 1.52. The first kappa shape index (κ1) is 18.5. The Balaban J connectivity index is 0.00000361. The number of carbonyl (C=O) groups is 1. The van der Waals surface area contributed by atoms with Crippen LogP contribution in [0, 0.1) is 0 Å². The standard InChI is InChI=1S/C13H20N2O4.ClH/c1-9(16)6-15-7-10-3-4-11(12(5-10)18-2)19-8-13(14)17;/h3-5,9,15-16H,6-8H2,1-2H3,(H2,14,17);1H. The number of rotatable bonds is 8. The predicted molar refractivity (Wildman–Crippen MR) is 78.3 cm³/mol. The lowest BCUT2D eigenvalue weighted by atomic mass is 10.2. The lowest BCUT2D eigenvalue weighted by Gasteiger charge is -2.12. The molecule has 0 radical (unpaired) electrons. The fourth-order valence-electron chi connectivity index (χ4n) is 1.52. The molecule has 1 aromatic carbocycles.